The van der Waals surface area contributed by atoms with Gasteiger partial charge < -0.3 is 9.30 Å². The van der Waals surface area contributed by atoms with Crippen molar-refractivity contribution >= 4 is 17.0 Å². The van der Waals surface area contributed by atoms with Crippen LogP contribution in [-0.4, -0.2) is 44.6 Å². The van der Waals surface area contributed by atoms with E-state index in [9.17, 15) is 9.59 Å². The molecule has 0 amide bonds. The molecule has 6 heteroatoms. The Hall–Kier alpha value is -2.21. The topological polar surface area (TPSA) is 64.4 Å². The van der Waals surface area contributed by atoms with Gasteiger partial charge in [0, 0.05) is 23.7 Å². The van der Waals surface area contributed by atoms with Crippen LogP contribution in [0, 0.1) is 17.8 Å². The monoisotopic (exact) mass is 461 g/mol. The summed E-state index contributed by atoms with van der Waals surface area (Å²) in [6.07, 6.45) is 13.1. The highest BCUT2D eigenvalue weighted by Crippen LogP contribution is 2.61. The Bertz CT molecular complexity index is 1150. The molecule has 2 aliphatic heterocycles. The Morgan fingerprint density at radius 2 is 1.59 bits per heavy atom. The molecule has 4 saturated carbocycles. The molecular weight excluding hydrogens is 426 g/mol. The van der Waals surface area contributed by atoms with E-state index in [0.717, 1.165) is 36.1 Å². The van der Waals surface area contributed by atoms with E-state index in [1.807, 2.05) is 28.8 Å². The van der Waals surface area contributed by atoms with Crippen molar-refractivity contribution in [3.05, 3.63) is 40.3 Å². The molecule has 2 saturated heterocycles. The molecule has 4 aliphatic carbocycles. The molecule has 6 nitrogen and oxygen atoms in total. The number of nitrogens with zero attached hydrogens (tertiary/aromatic N) is 3. The predicted octanol–water partition coefficient (Wildman–Crippen LogP) is 4.71. The number of hydrogen-bond acceptors (Lipinski definition) is 5. The van der Waals surface area contributed by atoms with Gasteiger partial charge in [0.25, 0.3) is 5.56 Å². The van der Waals surface area contributed by atoms with Crippen LogP contribution in [0.3, 0.4) is 0 Å². The lowest BCUT2D eigenvalue weighted by molar-refractivity contribution is -0.121. The zero-order valence-corrected chi connectivity index (χ0v) is 20.1. The van der Waals surface area contributed by atoms with E-state index in [0.29, 0.717) is 23.1 Å². The molecule has 0 spiro atoms. The lowest BCUT2D eigenvalue weighted by Crippen LogP contribution is -2.64. The van der Waals surface area contributed by atoms with Crippen molar-refractivity contribution in [1.29, 1.82) is 0 Å². The molecule has 34 heavy (non-hydrogen) atoms. The average Bonchev–Trinajstić information content (AvgIpc) is 3.09. The van der Waals surface area contributed by atoms with E-state index in [1.165, 1.54) is 51.4 Å². The van der Waals surface area contributed by atoms with Gasteiger partial charge in [-0.3, -0.25) is 9.69 Å². The number of para-hydroxylation sites is 2. The highest BCUT2D eigenvalue weighted by molar-refractivity contribution is 5.89. The number of aromatic nitrogens is 2. The fraction of sp³-hybridized carbons (Fsp3) is 0.679. The maximum Gasteiger partial charge on any atom is 0.362 e. The fourth-order valence-corrected chi connectivity index (χ4v) is 9.36. The maximum absolute atomic E-state index is 13.6. The Labute approximate surface area is 200 Å². The summed E-state index contributed by atoms with van der Waals surface area (Å²) in [5.74, 6) is 2.23. The molecule has 3 heterocycles. The van der Waals surface area contributed by atoms with Crippen LogP contribution in [-0.2, 0) is 4.74 Å². The number of hydrogen-bond donors (Lipinski definition) is 0. The van der Waals surface area contributed by atoms with Gasteiger partial charge in [0.2, 0.25) is 5.69 Å². The fourth-order valence-electron chi connectivity index (χ4n) is 9.36. The minimum Gasteiger partial charge on any atom is -0.461 e. The van der Waals surface area contributed by atoms with Crippen molar-refractivity contribution in [2.24, 2.45) is 17.8 Å². The largest absolute Gasteiger partial charge is 0.461 e. The van der Waals surface area contributed by atoms with Crippen molar-refractivity contribution in [2.45, 2.75) is 94.8 Å². The summed E-state index contributed by atoms with van der Waals surface area (Å²) in [6.45, 7) is 2.00. The van der Waals surface area contributed by atoms with Crippen molar-refractivity contribution in [2.75, 3.05) is 6.61 Å². The number of piperidine rings is 1. The lowest BCUT2D eigenvalue weighted by Gasteiger charge is -2.63. The summed E-state index contributed by atoms with van der Waals surface area (Å²) >= 11 is 0. The number of rotatable bonds is 4. The van der Waals surface area contributed by atoms with Crippen LogP contribution >= 0.6 is 0 Å². The molecule has 1 aromatic carbocycles. The highest BCUT2D eigenvalue weighted by atomic mass is 16.5. The van der Waals surface area contributed by atoms with E-state index < -0.39 is 5.97 Å². The van der Waals surface area contributed by atoms with E-state index in [2.05, 4.69) is 9.88 Å². The molecule has 0 radical (unpaired) electrons. The maximum atomic E-state index is 13.6. The van der Waals surface area contributed by atoms with Crippen LogP contribution in [0.4, 0.5) is 0 Å². The van der Waals surface area contributed by atoms with Crippen LogP contribution in [0.5, 0.6) is 0 Å². The number of carbonyl (C=O) groups is 1. The second-order valence-electron chi connectivity index (χ2n) is 11.9. The quantitative estimate of drug-likeness (QED) is 0.617. The smallest absolute Gasteiger partial charge is 0.362 e. The van der Waals surface area contributed by atoms with Gasteiger partial charge in [0.05, 0.1) is 17.6 Å². The first kappa shape index (κ1) is 21.1. The van der Waals surface area contributed by atoms with Gasteiger partial charge in [-0.25, -0.2) is 9.78 Å². The predicted molar refractivity (Wildman–Crippen MR) is 130 cm³/mol. The van der Waals surface area contributed by atoms with Crippen LogP contribution in [0.15, 0.2) is 29.1 Å². The SMILES string of the molecule is CCOC(=O)c1nc2ccccc2n([C@H]2C[C@H]3CC[C@@H](C2)N3C23CC4CC(CC(C4)C2)C3)c1=O. The lowest BCUT2D eigenvalue weighted by atomic mass is 9.52. The first-order chi connectivity index (χ1) is 16.5. The normalized spacial score (nSPS) is 38.5. The molecule has 2 aromatic rings. The summed E-state index contributed by atoms with van der Waals surface area (Å²) in [5, 5.41) is 0. The van der Waals surface area contributed by atoms with Crippen molar-refractivity contribution in [1.82, 2.24) is 14.5 Å². The van der Waals surface area contributed by atoms with Gasteiger partial charge in [-0.2, -0.15) is 0 Å². The zero-order valence-electron chi connectivity index (χ0n) is 20.1. The first-order valence-corrected chi connectivity index (χ1v) is 13.5. The van der Waals surface area contributed by atoms with Gasteiger partial charge >= 0.3 is 5.97 Å². The van der Waals surface area contributed by atoms with E-state index in [4.69, 9.17) is 4.74 Å². The molecule has 6 fully saturated rings. The molecule has 6 aliphatic rings. The van der Waals surface area contributed by atoms with E-state index >= 15 is 0 Å². The molecule has 0 unspecified atom stereocenters. The van der Waals surface area contributed by atoms with Gasteiger partial charge in [-0.1, -0.05) is 12.1 Å². The number of esters is 1. The number of carbonyl (C=O) groups excluding carboxylic acids is 1. The second kappa shape index (κ2) is 7.64. The molecule has 8 rings (SSSR count). The molecule has 180 valence electrons. The van der Waals surface area contributed by atoms with Gasteiger partial charge in [-0.05, 0) is 101 Å². The Morgan fingerprint density at radius 3 is 2.21 bits per heavy atom. The molecule has 1 aromatic heterocycles. The summed E-state index contributed by atoms with van der Waals surface area (Å²) < 4.78 is 7.09. The third kappa shape index (κ3) is 3.06. The second-order valence-corrected chi connectivity index (χ2v) is 11.9. The summed E-state index contributed by atoms with van der Waals surface area (Å²) in [4.78, 5) is 33.6. The van der Waals surface area contributed by atoms with Crippen LogP contribution in [0.2, 0.25) is 0 Å². The number of fused-ring (bicyclic) bond motifs is 3. The molecule has 0 N–H and O–H groups in total. The number of benzene rings is 1. The van der Waals surface area contributed by atoms with Crippen molar-refractivity contribution in [3.8, 4) is 0 Å². The summed E-state index contributed by atoms with van der Waals surface area (Å²) in [6, 6.07) is 8.95. The van der Waals surface area contributed by atoms with Crippen LogP contribution in [0.1, 0.15) is 87.7 Å². The van der Waals surface area contributed by atoms with Crippen LogP contribution in [0.25, 0.3) is 11.0 Å². The number of ether oxygens (including phenoxy) is 1. The minimum absolute atomic E-state index is 0.0728. The van der Waals surface area contributed by atoms with Crippen LogP contribution < -0.4 is 5.56 Å². The Morgan fingerprint density at radius 1 is 0.971 bits per heavy atom. The molecule has 3 atom stereocenters. The summed E-state index contributed by atoms with van der Waals surface area (Å²) in [5.41, 5.74) is 1.60. The average molecular weight is 462 g/mol. The van der Waals surface area contributed by atoms with Gasteiger partial charge in [0.15, 0.2) is 0 Å². The van der Waals surface area contributed by atoms with Crippen molar-refractivity contribution < 1.29 is 9.53 Å². The summed E-state index contributed by atoms with van der Waals surface area (Å²) in [7, 11) is 0. The zero-order chi connectivity index (χ0) is 23.0. The standard InChI is InChI=1S/C28H35N3O3/c1-2-34-27(33)25-26(32)30(24-6-4-3-5-23(24)29-25)22-12-20-7-8-21(13-22)31(20)28-14-17-9-18(15-28)11-19(10-17)16-28/h3-6,17-22H,2,7-16H2,1H3/t17?,18?,19?,20-,21+,22+,28?. The van der Waals surface area contributed by atoms with E-state index in [-0.39, 0.29) is 23.9 Å². The first-order valence-electron chi connectivity index (χ1n) is 13.5. The Balaban J connectivity index is 1.25. The molecular formula is C28H35N3O3. The van der Waals surface area contributed by atoms with Crippen molar-refractivity contribution in [3.63, 3.8) is 0 Å². The third-order valence-electron chi connectivity index (χ3n) is 9.89. The van der Waals surface area contributed by atoms with Gasteiger partial charge in [0.1, 0.15) is 0 Å². The van der Waals surface area contributed by atoms with Gasteiger partial charge in [-0.15, -0.1) is 0 Å². The molecule has 6 bridgehead atoms. The highest BCUT2D eigenvalue weighted by Gasteiger charge is 2.58. The van der Waals surface area contributed by atoms with E-state index in [1.54, 1.807) is 6.92 Å². The third-order valence-corrected chi connectivity index (χ3v) is 9.89. The Kier molecular flexibility index (Phi) is 4.74. The minimum atomic E-state index is -0.610.